The molecule has 0 amide bonds. The quantitative estimate of drug-likeness (QED) is 0.165. The molecule has 0 N–H and O–H groups in total. The van der Waals surface area contributed by atoms with Crippen molar-refractivity contribution in [2.75, 3.05) is 6.66 Å². The van der Waals surface area contributed by atoms with Crippen LogP contribution in [0.2, 0.25) is 0 Å². The van der Waals surface area contributed by atoms with E-state index in [0.29, 0.717) is 5.82 Å². The van der Waals surface area contributed by atoms with Crippen LogP contribution >= 0.6 is 7.14 Å². The van der Waals surface area contributed by atoms with E-state index >= 15 is 0 Å². The Kier molecular flexibility index (Phi) is 7.64. The van der Waals surface area contributed by atoms with E-state index in [1.54, 1.807) is 0 Å². The van der Waals surface area contributed by atoms with E-state index in [1.165, 1.54) is 11.1 Å². The molecule has 51 heavy (non-hydrogen) atoms. The molecule has 3 nitrogen and oxygen atoms in total. The molecule has 0 aliphatic carbocycles. The first-order chi connectivity index (χ1) is 25.0. The summed E-state index contributed by atoms with van der Waals surface area (Å²) in [6.45, 7) is 1.89. The number of hydrogen-bond donors (Lipinski definition) is 0. The van der Waals surface area contributed by atoms with Crippen molar-refractivity contribution in [3.8, 4) is 78.4 Å². The van der Waals surface area contributed by atoms with Crippen molar-refractivity contribution in [3.05, 3.63) is 182 Å². The van der Waals surface area contributed by atoms with E-state index in [9.17, 15) is 4.57 Å². The smallest absolute Gasteiger partial charge is 0.160 e. The molecular weight excluding hydrogens is 640 g/mol. The molecule has 1 aromatic heterocycles. The lowest BCUT2D eigenvalue weighted by Gasteiger charge is -2.13. The van der Waals surface area contributed by atoms with Gasteiger partial charge >= 0.3 is 0 Å². The molecule has 0 saturated heterocycles. The van der Waals surface area contributed by atoms with E-state index in [0.717, 1.165) is 72.1 Å². The van der Waals surface area contributed by atoms with Gasteiger partial charge in [-0.05, 0) is 57.7 Å². The maximum absolute atomic E-state index is 13.9. The largest absolute Gasteiger partial charge is 0.314 e. The molecule has 2 heterocycles. The second-order valence-electron chi connectivity index (χ2n) is 13.1. The summed E-state index contributed by atoms with van der Waals surface area (Å²) in [5.74, 6) is 0.695. The van der Waals surface area contributed by atoms with Crippen molar-refractivity contribution in [2.24, 2.45) is 0 Å². The third-order valence-corrected chi connectivity index (χ3v) is 12.5. The number of rotatable bonds is 6. The minimum Gasteiger partial charge on any atom is -0.314 e. The van der Waals surface area contributed by atoms with Crippen molar-refractivity contribution in [1.29, 1.82) is 0 Å². The third kappa shape index (κ3) is 5.62. The lowest BCUT2D eigenvalue weighted by molar-refractivity contribution is 0.591. The van der Waals surface area contributed by atoms with Crippen LogP contribution in [-0.4, -0.2) is 16.6 Å². The topological polar surface area (TPSA) is 42.9 Å². The Labute approximate surface area is 298 Å². The van der Waals surface area contributed by atoms with E-state index in [-0.39, 0.29) is 0 Å². The molecule has 0 bridgehead atoms. The van der Waals surface area contributed by atoms with Crippen molar-refractivity contribution in [3.63, 3.8) is 0 Å². The van der Waals surface area contributed by atoms with Gasteiger partial charge in [0.25, 0.3) is 0 Å². The third-order valence-electron chi connectivity index (χ3n) is 9.87. The van der Waals surface area contributed by atoms with Crippen LogP contribution in [-0.2, 0) is 4.57 Å². The Bertz CT molecular complexity index is 2600. The summed E-state index contributed by atoms with van der Waals surface area (Å²) >= 11 is 0. The van der Waals surface area contributed by atoms with Gasteiger partial charge in [-0.25, -0.2) is 9.97 Å². The average molecular weight is 673 g/mol. The highest BCUT2D eigenvalue weighted by Crippen LogP contribution is 2.52. The molecule has 0 saturated carbocycles. The van der Waals surface area contributed by atoms with E-state index < -0.39 is 7.14 Å². The molecule has 0 fully saturated rings. The predicted octanol–water partition coefficient (Wildman–Crippen LogP) is 11.4. The van der Waals surface area contributed by atoms with Gasteiger partial charge in [0.15, 0.2) is 5.82 Å². The van der Waals surface area contributed by atoms with E-state index in [1.807, 2.05) is 61.3 Å². The average Bonchev–Trinajstić information content (AvgIpc) is 3.44. The summed E-state index contributed by atoms with van der Waals surface area (Å²) in [5, 5.41) is 1.90. The lowest BCUT2D eigenvalue weighted by atomic mass is 9.92. The van der Waals surface area contributed by atoms with Gasteiger partial charge in [0.2, 0.25) is 0 Å². The molecule has 1 atom stereocenters. The SMILES string of the molecule is CP1(=O)c2ccccc2-c2c(-c3cccc(-c4ccc(-c5cc(-c6ccc(-c7ccccc7)cc6)nc(-c6ccccc6)n5)cc4)c3)cccc21. The Balaban J connectivity index is 1.07. The van der Waals surface area contributed by atoms with E-state index in [4.69, 9.17) is 9.97 Å². The van der Waals surface area contributed by atoms with Crippen molar-refractivity contribution < 1.29 is 4.57 Å². The summed E-state index contributed by atoms with van der Waals surface area (Å²) in [5.41, 5.74) is 13.8. The lowest BCUT2D eigenvalue weighted by Crippen LogP contribution is -2.07. The Hall–Kier alpha value is -6.15. The van der Waals surface area contributed by atoms with Gasteiger partial charge in [-0.15, -0.1) is 0 Å². The molecule has 0 radical (unpaired) electrons. The number of fused-ring (bicyclic) bond motifs is 3. The van der Waals surface area contributed by atoms with Gasteiger partial charge in [-0.3, -0.25) is 0 Å². The van der Waals surface area contributed by atoms with Gasteiger partial charge in [0.1, 0.15) is 7.14 Å². The molecule has 242 valence electrons. The van der Waals surface area contributed by atoms with Gasteiger partial charge in [-0.1, -0.05) is 170 Å². The number of benzene rings is 7. The Morgan fingerprint density at radius 2 is 0.824 bits per heavy atom. The van der Waals surface area contributed by atoms with Crippen LogP contribution in [0.5, 0.6) is 0 Å². The predicted molar refractivity (Wildman–Crippen MR) is 213 cm³/mol. The second-order valence-corrected chi connectivity index (χ2v) is 15.9. The summed E-state index contributed by atoms with van der Waals surface area (Å²) in [4.78, 5) is 10.1. The highest BCUT2D eigenvalue weighted by Gasteiger charge is 2.35. The van der Waals surface area contributed by atoms with Crippen molar-refractivity contribution in [2.45, 2.75) is 0 Å². The van der Waals surface area contributed by atoms with Crippen LogP contribution in [0.4, 0.5) is 0 Å². The van der Waals surface area contributed by atoms with Gasteiger partial charge in [0.05, 0.1) is 11.4 Å². The van der Waals surface area contributed by atoms with Crippen LogP contribution in [0.25, 0.3) is 78.4 Å². The Morgan fingerprint density at radius 1 is 0.373 bits per heavy atom. The number of hydrogen-bond acceptors (Lipinski definition) is 3. The first-order valence-corrected chi connectivity index (χ1v) is 19.3. The molecule has 1 aliphatic rings. The van der Waals surface area contributed by atoms with Crippen LogP contribution in [0.15, 0.2) is 182 Å². The molecule has 9 rings (SSSR count). The second kappa shape index (κ2) is 12.6. The zero-order valence-corrected chi connectivity index (χ0v) is 29.0. The van der Waals surface area contributed by atoms with Gasteiger partial charge in [0, 0.05) is 32.9 Å². The minimum atomic E-state index is -2.65. The van der Waals surface area contributed by atoms with Crippen LogP contribution < -0.4 is 10.6 Å². The summed E-state index contributed by atoms with van der Waals surface area (Å²) in [6, 6.07) is 62.9. The molecule has 8 aromatic rings. The molecule has 7 aromatic carbocycles. The fraction of sp³-hybridized carbons (Fsp3) is 0.0213. The normalized spacial score (nSPS) is 14.5. The monoisotopic (exact) mass is 672 g/mol. The fourth-order valence-corrected chi connectivity index (χ4v) is 9.54. The molecular formula is C47H33N2OP. The fourth-order valence-electron chi connectivity index (χ4n) is 7.23. The maximum atomic E-state index is 13.9. The van der Waals surface area contributed by atoms with Crippen LogP contribution in [0, 0.1) is 0 Å². The maximum Gasteiger partial charge on any atom is 0.160 e. The van der Waals surface area contributed by atoms with Crippen molar-refractivity contribution >= 4 is 17.8 Å². The molecule has 4 heteroatoms. The highest BCUT2D eigenvalue weighted by molar-refractivity contribution is 7.79. The molecule has 1 aliphatic heterocycles. The number of nitrogens with zero attached hydrogens (tertiary/aromatic N) is 2. The summed E-state index contributed by atoms with van der Waals surface area (Å²) < 4.78 is 13.9. The molecule has 1 unspecified atom stereocenters. The molecule has 0 spiro atoms. The zero-order valence-electron chi connectivity index (χ0n) is 28.1. The Morgan fingerprint density at radius 3 is 1.49 bits per heavy atom. The highest BCUT2D eigenvalue weighted by atomic mass is 31.2. The van der Waals surface area contributed by atoms with Crippen LogP contribution in [0.3, 0.4) is 0 Å². The van der Waals surface area contributed by atoms with E-state index in [2.05, 4.69) is 127 Å². The van der Waals surface area contributed by atoms with Crippen molar-refractivity contribution in [1.82, 2.24) is 9.97 Å². The minimum absolute atomic E-state index is 0.695. The zero-order chi connectivity index (χ0) is 34.4. The number of aromatic nitrogens is 2. The van der Waals surface area contributed by atoms with Crippen LogP contribution in [0.1, 0.15) is 0 Å². The summed E-state index contributed by atoms with van der Waals surface area (Å²) in [6.07, 6.45) is 0. The van der Waals surface area contributed by atoms with Gasteiger partial charge in [-0.2, -0.15) is 0 Å². The standard InChI is InChI=1S/C47H33N2OP/c1-51(50)44-20-9-8-18-41(44)46-40(19-11-21-45(46)51)39-17-10-16-38(30-39)34-24-28-36(29-25-34)43-31-42(48-47(49-43)37-14-6-3-7-15-37)35-26-22-33(23-27-35)32-12-4-2-5-13-32/h2-31H,1H3. The first kappa shape index (κ1) is 30.9. The first-order valence-electron chi connectivity index (χ1n) is 17.2. The summed E-state index contributed by atoms with van der Waals surface area (Å²) in [7, 11) is -2.65. The van der Waals surface area contributed by atoms with Gasteiger partial charge < -0.3 is 4.57 Å².